The first-order valence-corrected chi connectivity index (χ1v) is 2.73. The molecule has 3 nitrogen and oxygen atoms in total. The Morgan fingerprint density at radius 3 is 2.67 bits per heavy atom. The number of nitrogens with zero attached hydrogens (tertiary/aromatic N) is 2. The first kappa shape index (κ1) is 6.01. The van der Waals surface area contributed by atoms with E-state index in [4.69, 9.17) is 0 Å². The van der Waals surface area contributed by atoms with Gasteiger partial charge in [-0.15, -0.1) is 0 Å². The lowest BCUT2D eigenvalue weighted by Gasteiger charge is -1.96. The van der Waals surface area contributed by atoms with E-state index >= 15 is 0 Å². The van der Waals surface area contributed by atoms with Crippen LogP contribution in [0, 0.1) is 6.92 Å². The molecule has 1 radical (unpaired) electrons. The molecule has 1 aromatic heterocycles. The van der Waals surface area contributed by atoms with Crippen LogP contribution in [-0.4, -0.2) is 16.5 Å². The van der Waals surface area contributed by atoms with E-state index in [1.54, 1.807) is 18.5 Å². The van der Waals surface area contributed by atoms with Crippen molar-refractivity contribution in [1.29, 1.82) is 0 Å². The molecule has 1 N–H and O–H groups in total. The Balaban J connectivity index is 2.61. The molecule has 1 aromatic rings. The van der Waals surface area contributed by atoms with E-state index in [-0.39, 0.29) is 0 Å². The second-order valence-electron chi connectivity index (χ2n) is 1.50. The summed E-state index contributed by atoms with van der Waals surface area (Å²) in [5, 5.41) is 2.87. The highest BCUT2D eigenvalue weighted by molar-refractivity contribution is 5.21. The lowest BCUT2D eigenvalue weighted by atomic mass is 10.6. The van der Waals surface area contributed by atoms with Crippen molar-refractivity contribution in [3.63, 3.8) is 0 Å². The molecule has 0 spiro atoms. The van der Waals surface area contributed by atoms with Crippen LogP contribution in [0.4, 0.5) is 5.95 Å². The van der Waals surface area contributed by atoms with Crippen LogP contribution in [-0.2, 0) is 0 Å². The van der Waals surface area contributed by atoms with Gasteiger partial charge in [-0.1, -0.05) is 0 Å². The molecule has 0 saturated carbocycles. The highest BCUT2D eigenvalue weighted by Crippen LogP contribution is 1.90. The number of anilines is 1. The fourth-order valence-electron chi connectivity index (χ4n) is 0.502. The minimum atomic E-state index is 0.615. The van der Waals surface area contributed by atoms with Crippen molar-refractivity contribution in [3.05, 3.63) is 25.4 Å². The fourth-order valence-corrected chi connectivity index (χ4v) is 0.502. The minimum Gasteiger partial charge on any atom is -0.354 e. The summed E-state index contributed by atoms with van der Waals surface area (Å²) >= 11 is 0. The largest absolute Gasteiger partial charge is 0.354 e. The van der Waals surface area contributed by atoms with Crippen LogP contribution in [0.3, 0.4) is 0 Å². The minimum absolute atomic E-state index is 0.615. The first-order chi connectivity index (χ1) is 4.43. The lowest BCUT2D eigenvalue weighted by Crippen LogP contribution is -2.00. The van der Waals surface area contributed by atoms with E-state index in [2.05, 4.69) is 22.2 Å². The van der Waals surface area contributed by atoms with Crippen molar-refractivity contribution in [2.24, 2.45) is 0 Å². The summed E-state index contributed by atoms with van der Waals surface area (Å²) in [6.07, 6.45) is 3.37. The molecule has 1 rings (SSSR count). The molecule has 0 aliphatic heterocycles. The molecule has 0 fully saturated rings. The Kier molecular flexibility index (Phi) is 2.01. The van der Waals surface area contributed by atoms with Gasteiger partial charge < -0.3 is 5.32 Å². The third kappa shape index (κ3) is 1.68. The summed E-state index contributed by atoms with van der Waals surface area (Å²) in [5.41, 5.74) is 0. The monoisotopic (exact) mass is 122 g/mol. The summed E-state index contributed by atoms with van der Waals surface area (Å²) < 4.78 is 0. The molecular formula is C6H8N3. The summed E-state index contributed by atoms with van der Waals surface area (Å²) in [4.78, 5) is 7.81. The van der Waals surface area contributed by atoms with Gasteiger partial charge in [-0.05, 0) is 13.0 Å². The zero-order chi connectivity index (χ0) is 6.53. The van der Waals surface area contributed by atoms with Gasteiger partial charge in [-0.3, -0.25) is 0 Å². The highest BCUT2D eigenvalue weighted by atomic mass is 15.1. The SMILES string of the molecule is [CH2]CNc1ncccn1. The number of hydrogen-bond acceptors (Lipinski definition) is 3. The van der Waals surface area contributed by atoms with E-state index in [1.807, 2.05) is 0 Å². The molecular weight excluding hydrogens is 114 g/mol. The topological polar surface area (TPSA) is 37.8 Å². The molecule has 47 valence electrons. The predicted molar refractivity (Wildman–Crippen MR) is 35.9 cm³/mol. The standard InChI is InChI=1S/C6H8N3/c1-2-7-6-8-4-3-5-9-6/h3-5H,1-2H2,(H,7,8,9). The molecule has 1 heterocycles. The first-order valence-electron chi connectivity index (χ1n) is 2.73. The maximum absolute atomic E-state index is 3.91. The summed E-state index contributed by atoms with van der Waals surface area (Å²) in [6.45, 7) is 4.20. The Labute approximate surface area is 54.2 Å². The molecule has 0 atom stereocenters. The van der Waals surface area contributed by atoms with Gasteiger partial charge in [-0.2, -0.15) is 0 Å². The Hall–Kier alpha value is -1.12. The molecule has 0 unspecified atom stereocenters. The van der Waals surface area contributed by atoms with Crippen LogP contribution in [0.15, 0.2) is 18.5 Å². The maximum atomic E-state index is 3.91. The van der Waals surface area contributed by atoms with Gasteiger partial charge in [0.2, 0.25) is 5.95 Å². The third-order valence-corrected chi connectivity index (χ3v) is 0.849. The van der Waals surface area contributed by atoms with Crippen LogP contribution in [0.2, 0.25) is 0 Å². The average molecular weight is 122 g/mol. The van der Waals surface area contributed by atoms with E-state index in [1.165, 1.54) is 0 Å². The highest BCUT2D eigenvalue weighted by Gasteiger charge is 1.85. The van der Waals surface area contributed by atoms with Gasteiger partial charge in [-0.25, -0.2) is 9.97 Å². The quantitative estimate of drug-likeness (QED) is 0.628. The van der Waals surface area contributed by atoms with E-state index in [0.29, 0.717) is 12.5 Å². The summed E-state index contributed by atoms with van der Waals surface area (Å²) in [5.74, 6) is 0.632. The third-order valence-electron chi connectivity index (χ3n) is 0.849. The smallest absolute Gasteiger partial charge is 0.222 e. The molecule has 3 heteroatoms. The second kappa shape index (κ2) is 3.02. The van der Waals surface area contributed by atoms with Crippen molar-refractivity contribution >= 4 is 5.95 Å². The zero-order valence-electron chi connectivity index (χ0n) is 5.04. The number of hydrogen-bond donors (Lipinski definition) is 1. The van der Waals surface area contributed by atoms with Gasteiger partial charge in [0.1, 0.15) is 0 Å². The molecule has 0 aromatic carbocycles. The zero-order valence-corrected chi connectivity index (χ0v) is 5.04. The molecule has 0 saturated heterocycles. The Morgan fingerprint density at radius 1 is 1.44 bits per heavy atom. The van der Waals surface area contributed by atoms with Crippen molar-refractivity contribution in [3.8, 4) is 0 Å². The van der Waals surface area contributed by atoms with Crippen LogP contribution in [0.1, 0.15) is 0 Å². The molecule has 0 amide bonds. The Morgan fingerprint density at radius 2 is 2.11 bits per heavy atom. The van der Waals surface area contributed by atoms with Gasteiger partial charge in [0, 0.05) is 18.9 Å². The van der Waals surface area contributed by atoms with Crippen LogP contribution >= 0.6 is 0 Å². The van der Waals surface area contributed by atoms with Gasteiger partial charge in [0.05, 0.1) is 0 Å². The normalized spacial score (nSPS) is 9.00. The van der Waals surface area contributed by atoms with E-state index in [0.717, 1.165) is 0 Å². The van der Waals surface area contributed by atoms with Crippen molar-refractivity contribution in [2.45, 2.75) is 0 Å². The average Bonchev–Trinajstić information content (AvgIpc) is 1.91. The second-order valence-corrected chi connectivity index (χ2v) is 1.50. The maximum Gasteiger partial charge on any atom is 0.222 e. The molecule has 0 aliphatic carbocycles. The van der Waals surface area contributed by atoms with E-state index in [9.17, 15) is 0 Å². The molecule has 0 bridgehead atoms. The summed E-state index contributed by atoms with van der Waals surface area (Å²) in [6, 6.07) is 1.77. The van der Waals surface area contributed by atoms with Crippen LogP contribution < -0.4 is 5.32 Å². The Bertz CT molecular complexity index is 161. The van der Waals surface area contributed by atoms with Gasteiger partial charge >= 0.3 is 0 Å². The van der Waals surface area contributed by atoms with Crippen molar-refractivity contribution < 1.29 is 0 Å². The molecule has 9 heavy (non-hydrogen) atoms. The van der Waals surface area contributed by atoms with E-state index < -0.39 is 0 Å². The summed E-state index contributed by atoms with van der Waals surface area (Å²) in [7, 11) is 0. The van der Waals surface area contributed by atoms with Crippen molar-refractivity contribution in [1.82, 2.24) is 9.97 Å². The van der Waals surface area contributed by atoms with Gasteiger partial charge in [0.15, 0.2) is 0 Å². The number of rotatable bonds is 2. The predicted octanol–water partition coefficient (Wildman–Crippen LogP) is 0.723. The lowest BCUT2D eigenvalue weighted by molar-refractivity contribution is 1.12. The number of aromatic nitrogens is 2. The van der Waals surface area contributed by atoms with Crippen LogP contribution in [0.25, 0.3) is 0 Å². The fraction of sp³-hybridized carbons (Fsp3) is 0.167. The van der Waals surface area contributed by atoms with Crippen LogP contribution in [0.5, 0.6) is 0 Å². The van der Waals surface area contributed by atoms with Gasteiger partial charge in [0.25, 0.3) is 0 Å². The number of nitrogens with one attached hydrogen (secondary N) is 1. The van der Waals surface area contributed by atoms with Crippen molar-refractivity contribution in [2.75, 3.05) is 11.9 Å². The molecule has 0 aliphatic rings.